The van der Waals surface area contributed by atoms with E-state index in [2.05, 4.69) is 16.2 Å². The molecule has 0 amide bonds. The molecule has 1 aromatic carbocycles. The number of sulfone groups is 1. The fraction of sp³-hybridized carbons (Fsp3) is 0.182. The molecule has 0 saturated heterocycles. The molecule has 0 aliphatic carbocycles. The Hall–Kier alpha value is -2.00. The number of nitrogens with one attached hydrogen (secondary N) is 1. The van der Waals surface area contributed by atoms with E-state index in [0.29, 0.717) is 17.6 Å². The molecule has 2 aromatic rings. The van der Waals surface area contributed by atoms with Crippen molar-refractivity contribution in [2.75, 3.05) is 18.1 Å². The summed E-state index contributed by atoms with van der Waals surface area (Å²) in [5.74, 6) is 2.39. The van der Waals surface area contributed by atoms with Gasteiger partial charge in [-0.1, -0.05) is 5.92 Å². The Morgan fingerprint density at radius 3 is 2.94 bits per heavy atom. The van der Waals surface area contributed by atoms with Crippen LogP contribution in [0, 0.1) is 12.3 Å². The first-order chi connectivity index (χ1) is 8.00. The van der Waals surface area contributed by atoms with E-state index in [1.807, 2.05) is 0 Å². The maximum absolute atomic E-state index is 11.4. The molecule has 17 heavy (non-hydrogen) atoms. The number of hydrogen-bond acceptors (Lipinski definition) is 5. The van der Waals surface area contributed by atoms with Gasteiger partial charge in [0.1, 0.15) is 5.52 Å². The summed E-state index contributed by atoms with van der Waals surface area (Å²) in [4.78, 5) is 4.30. The topological polar surface area (TPSA) is 72.2 Å². The second kappa shape index (κ2) is 4.11. The van der Waals surface area contributed by atoms with Gasteiger partial charge in [0.25, 0.3) is 6.01 Å². The average Bonchev–Trinajstić information content (AvgIpc) is 2.66. The summed E-state index contributed by atoms with van der Waals surface area (Å²) < 4.78 is 28.0. The van der Waals surface area contributed by atoms with E-state index in [9.17, 15) is 8.42 Å². The van der Waals surface area contributed by atoms with Crippen molar-refractivity contribution in [2.45, 2.75) is 4.90 Å². The lowest BCUT2D eigenvalue weighted by Gasteiger charge is -1.95. The van der Waals surface area contributed by atoms with Crippen molar-refractivity contribution < 1.29 is 12.8 Å². The van der Waals surface area contributed by atoms with Crippen LogP contribution in [-0.2, 0) is 9.84 Å². The maximum atomic E-state index is 11.4. The van der Waals surface area contributed by atoms with Crippen LogP contribution in [0.15, 0.2) is 27.5 Å². The molecular formula is C11H10N2O3S. The van der Waals surface area contributed by atoms with E-state index in [0.717, 1.165) is 6.26 Å². The zero-order chi connectivity index (χ0) is 12.5. The van der Waals surface area contributed by atoms with Gasteiger partial charge in [0.05, 0.1) is 11.4 Å². The van der Waals surface area contributed by atoms with Gasteiger partial charge in [-0.3, -0.25) is 0 Å². The Balaban J connectivity index is 2.45. The van der Waals surface area contributed by atoms with Crippen LogP contribution >= 0.6 is 0 Å². The SMILES string of the molecule is C#CCNc1nc2cc(S(C)(=O)=O)ccc2o1. The van der Waals surface area contributed by atoms with Crippen molar-refractivity contribution >= 4 is 27.0 Å². The Morgan fingerprint density at radius 2 is 2.29 bits per heavy atom. The van der Waals surface area contributed by atoms with Crippen LogP contribution in [0.3, 0.4) is 0 Å². The number of anilines is 1. The van der Waals surface area contributed by atoms with Crippen LogP contribution in [0.1, 0.15) is 0 Å². The van der Waals surface area contributed by atoms with Gasteiger partial charge >= 0.3 is 0 Å². The summed E-state index contributed by atoms with van der Waals surface area (Å²) in [6.45, 7) is 0.297. The molecule has 2 rings (SSSR count). The molecule has 1 aromatic heterocycles. The van der Waals surface area contributed by atoms with Crippen LogP contribution in [0.2, 0.25) is 0 Å². The molecule has 0 aliphatic rings. The molecule has 6 heteroatoms. The quantitative estimate of drug-likeness (QED) is 0.831. The van der Waals surface area contributed by atoms with Crippen molar-refractivity contribution in [1.82, 2.24) is 4.98 Å². The number of benzene rings is 1. The molecule has 0 radical (unpaired) electrons. The van der Waals surface area contributed by atoms with Gasteiger partial charge in [0.2, 0.25) is 0 Å². The second-order valence-corrected chi connectivity index (χ2v) is 5.49. The molecule has 0 unspecified atom stereocenters. The molecular weight excluding hydrogens is 240 g/mol. The van der Waals surface area contributed by atoms with Crippen molar-refractivity contribution in [3.8, 4) is 12.3 Å². The van der Waals surface area contributed by atoms with Gasteiger partial charge < -0.3 is 9.73 Å². The number of nitrogens with zero attached hydrogens (tertiary/aromatic N) is 1. The lowest BCUT2D eigenvalue weighted by Crippen LogP contribution is -1.97. The van der Waals surface area contributed by atoms with Crippen LogP contribution in [0.4, 0.5) is 6.01 Å². The van der Waals surface area contributed by atoms with Gasteiger partial charge in [0, 0.05) is 6.26 Å². The summed E-state index contributed by atoms with van der Waals surface area (Å²) in [5.41, 5.74) is 0.990. The van der Waals surface area contributed by atoms with E-state index in [1.165, 1.54) is 12.1 Å². The van der Waals surface area contributed by atoms with Gasteiger partial charge in [-0.2, -0.15) is 4.98 Å². The third kappa shape index (κ3) is 2.40. The molecule has 88 valence electrons. The highest BCUT2D eigenvalue weighted by Crippen LogP contribution is 2.21. The predicted octanol–water partition coefficient (Wildman–Crippen LogP) is 1.28. The third-order valence-electron chi connectivity index (χ3n) is 2.13. The minimum Gasteiger partial charge on any atom is -0.424 e. The van der Waals surface area contributed by atoms with E-state index in [1.54, 1.807) is 6.07 Å². The second-order valence-electron chi connectivity index (χ2n) is 3.48. The summed E-state index contributed by atoms with van der Waals surface area (Å²) in [6.07, 6.45) is 6.24. The highest BCUT2D eigenvalue weighted by molar-refractivity contribution is 7.90. The molecule has 1 N–H and O–H groups in total. The Morgan fingerprint density at radius 1 is 1.53 bits per heavy atom. The lowest BCUT2D eigenvalue weighted by molar-refractivity contribution is 0.602. The van der Waals surface area contributed by atoms with E-state index < -0.39 is 9.84 Å². The average molecular weight is 250 g/mol. The number of oxazole rings is 1. The number of aromatic nitrogens is 1. The zero-order valence-electron chi connectivity index (χ0n) is 9.10. The number of rotatable bonds is 3. The fourth-order valence-electron chi connectivity index (χ4n) is 1.34. The summed E-state index contributed by atoms with van der Waals surface area (Å²) >= 11 is 0. The Labute approximate surface area is 98.8 Å². The Bertz CT molecular complexity index is 695. The van der Waals surface area contributed by atoms with Crippen molar-refractivity contribution in [1.29, 1.82) is 0 Å². The predicted molar refractivity (Wildman–Crippen MR) is 64.4 cm³/mol. The fourth-order valence-corrected chi connectivity index (χ4v) is 1.98. The lowest BCUT2D eigenvalue weighted by atomic mass is 10.3. The first-order valence-electron chi connectivity index (χ1n) is 4.78. The van der Waals surface area contributed by atoms with Gasteiger partial charge in [0.15, 0.2) is 15.4 Å². The molecule has 0 atom stereocenters. The van der Waals surface area contributed by atoms with Gasteiger partial charge in [-0.05, 0) is 18.2 Å². The minimum absolute atomic E-state index is 0.210. The van der Waals surface area contributed by atoms with Crippen molar-refractivity contribution in [3.05, 3.63) is 18.2 Å². The summed E-state index contributed by atoms with van der Waals surface area (Å²) in [7, 11) is -3.24. The van der Waals surface area contributed by atoms with E-state index in [-0.39, 0.29) is 10.9 Å². The molecule has 0 spiro atoms. The smallest absolute Gasteiger partial charge is 0.296 e. The molecule has 5 nitrogen and oxygen atoms in total. The maximum Gasteiger partial charge on any atom is 0.296 e. The number of fused-ring (bicyclic) bond motifs is 1. The standard InChI is InChI=1S/C11H10N2O3S/c1-3-6-12-11-13-9-7-8(17(2,14)15)4-5-10(9)16-11/h1,4-5,7H,6H2,2H3,(H,12,13). The van der Waals surface area contributed by atoms with Crippen molar-refractivity contribution in [2.24, 2.45) is 0 Å². The van der Waals surface area contributed by atoms with Crippen LogP contribution in [0.5, 0.6) is 0 Å². The van der Waals surface area contributed by atoms with Crippen LogP contribution < -0.4 is 5.32 Å². The van der Waals surface area contributed by atoms with Crippen LogP contribution in [-0.4, -0.2) is 26.2 Å². The van der Waals surface area contributed by atoms with Gasteiger partial charge in [-0.15, -0.1) is 6.42 Å². The molecule has 1 heterocycles. The molecule has 0 fully saturated rings. The molecule has 0 saturated carbocycles. The summed E-state index contributed by atoms with van der Waals surface area (Å²) in [6, 6.07) is 4.80. The van der Waals surface area contributed by atoms with E-state index in [4.69, 9.17) is 10.8 Å². The largest absolute Gasteiger partial charge is 0.424 e. The zero-order valence-corrected chi connectivity index (χ0v) is 9.91. The van der Waals surface area contributed by atoms with Crippen molar-refractivity contribution in [3.63, 3.8) is 0 Å². The molecule has 0 aliphatic heterocycles. The minimum atomic E-state index is -3.24. The first kappa shape index (κ1) is 11.5. The monoisotopic (exact) mass is 250 g/mol. The number of hydrogen-bond donors (Lipinski definition) is 1. The third-order valence-corrected chi connectivity index (χ3v) is 3.24. The molecule has 0 bridgehead atoms. The van der Waals surface area contributed by atoms with Crippen LogP contribution in [0.25, 0.3) is 11.1 Å². The van der Waals surface area contributed by atoms with Gasteiger partial charge in [-0.25, -0.2) is 8.42 Å². The normalized spacial score (nSPS) is 11.3. The summed E-state index contributed by atoms with van der Waals surface area (Å²) in [5, 5.41) is 2.78. The highest BCUT2D eigenvalue weighted by Gasteiger charge is 2.11. The van der Waals surface area contributed by atoms with E-state index >= 15 is 0 Å². The Kier molecular flexibility index (Phi) is 2.77. The number of terminal acetylenes is 1. The highest BCUT2D eigenvalue weighted by atomic mass is 32.2. The first-order valence-corrected chi connectivity index (χ1v) is 6.68.